The van der Waals surface area contributed by atoms with Gasteiger partial charge in [0.1, 0.15) is 13.2 Å². The molecule has 1 aliphatic rings. The van der Waals surface area contributed by atoms with Gasteiger partial charge in [0.25, 0.3) is 5.69 Å². The molecule has 1 aromatic rings. The number of amides is 1. The Hall–Kier alpha value is -2.11. The number of likely N-dealkylation sites (tertiary alicyclic amines) is 1. The van der Waals surface area contributed by atoms with Crippen LogP contribution >= 0.6 is 11.8 Å². The highest BCUT2D eigenvalue weighted by Crippen LogP contribution is 2.39. The number of nitrogens with zero attached hydrogens (tertiary/aromatic N) is 2. The fourth-order valence-electron chi connectivity index (χ4n) is 3.34. The summed E-state index contributed by atoms with van der Waals surface area (Å²) in [6.45, 7) is 13.2. The zero-order valence-electron chi connectivity index (χ0n) is 20.9. The maximum absolute atomic E-state index is 13.0. The summed E-state index contributed by atoms with van der Waals surface area (Å²) >= 11 is 1.62. The third-order valence-electron chi connectivity index (χ3n) is 6.23. The highest BCUT2D eigenvalue weighted by atomic mass is 32.2. The molecule has 1 aromatic carbocycles. The van der Waals surface area contributed by atoms with Crippen LogP contribution in [0.2, 0.25) is 18.1 Å². The number of ether oxygens (including phenoxy) is 2. The fraction of sp³-hybridized carbons (Fsp3) is 0.652. The number of nitro groups is 1. The van der Waals surface area contributed by atoms with E-state index in [1.165, 1.54) is 19.1 Å². The molecule has 34 heavy (non-hydrogen) atoms. The van der Waals surface area contributed by atoms with Crippen molar-refractivity contribution in [2.45, 2.75) is 71.0 Å². The largest absolute Gasteiger partial charge is 0.465 e. The summed E-state index contributed by atoms with van der Waals surface area (Å²) < 4.78 is 17.1. The first-order valence-electron chi connectivity index (χ1n) is 11.4. The minimum Gasteiger partial charge on any atom is -0.465 e. The van der Waals surface area contributed by atoms with Crippen LogP contribution in [0.3, 0.4) is 0 Å². The van der Waals surface area contributed by atoms with Crippen molar-refractivity contribution < 1.29 is 28.4 Å². The molecule has 0 aliphatic carbocycles. The van der Waals surface area contributed by atoms with Crippen LogP contribution in [0, 0.1) is 10.1 Å². The lowest BCUT2D eigenvalue weighted by Crippen LogP contribution is -2.44. The van der Waals surface area contributed by atoms with Crippen molar-refractivity contribution in [2.24, 2.45) is 0 Å². The molecule has 0 bridgehead atoms. The Morgan fingerprint density at radius 1 is 1.21 bits per heavy atom. The van der Waals surface area contributed by atoms with Crippen molar-refractivity contribution in [3.05, 3.63) is 39.9 Å². The van der Waals surface area contributed by atoms with E-state index in [0.29, 0.717) is 30.2 Å². The van der Waals surface area contributed by atoms with Crippen LogP contribution < -0.4 is 0 Å². The monoisotopic (exact) mass is 512 g/mol. The van der Waals surface area contributed by atoms with Crippen LogP contribution in [0.1, 0.15) is 39.7 Å². The number of benzene rings is 1. The molecule has 0 saturated carbocycles. The summed E-state index contributed by atoms with van der Waals surface area (Å²) in [5, 5.41) is 10.9. The van der Waals surface area contributed by atoms with E-state index in [1.54, 1.807) is 28.8 Å². The Balaban J connectivity index is 2.00. The predicted molar refractivity (Wildman–Crippen MR) is 134 cm³/mol. The molecule has 0 spiro atoms. The first-order chi connectivity index (χ1) is 15.8. The molecule has 1 saturated heterocycles. The van der Waals surface area contributed by atoms with E-state index in [2.05, 4.69) is 33.9 Å². The van der Waals surface area contributed by atoms with Crippen LogP contribution in [0.4, 0.5) is 10.5 Å². The number of hydrogen-bond acceptors (Lipinski definition) is 8. The summed E-state index contributed by atoms with van der Waals surface area (Å²) in [5.74, 6) is 1.03. The molecule has 11 heteroatoms. The molecule has 2 atom stereocenters. The molecule has 2 rings (SSSR count). The number of hydrogen-bond donors (Lipinski definition) is 0. The third-order valence-corrected chi connectivity index (χ3v) is 11.8. The second kappa shape index (κ2) is 12.0. The molecular weight excluding hydrogens is 476 g/mol. The van der Waals surface area contributed by atoms with Crippen molar-refractivity contribution in [1.29, 1.82) is 0 Å². The first kappa shape index (κ1) is 28.1. The van der Waals surface area contributed by atoms with Crippen molar-refractivity contribution in [1.82, 2.24) is 4.90 Å². The van der Waals surface area contributed by atoms with Crippen molar-refractivity contribution in [3.63, 3.8) is 0 Å². The average Bonchev–Trinajstić information content (AvgIpc) is 3.12. The maximum atomic E-state index is 13.0. The summed E-state index contributed by atoms with van der Waals surface area (Å²) in [7, 11) is -2.00. The molecule has 1 fully saturated rings. The predicted octanol–water partition coefficient (Wildman–Crippen LogP) is 4.99. The summed E-state index contributed by atoms with van der Waals surface area (Å²) in [5.41, 5.74) is 0.672. The normalized spacial score (nSPS) is 18.6. The fourth-order valence-corrected chi connectivity index (χ4v) is 5.65. The number of non-ortho nitro benzene ring substituents is 1. The third kappa shape index (κ3) is 8.28. The molecule has 1 heterocycles. The minimum atomic E-state index is -2.00. The van der Waals surface area contributed by atoms with Gasteiger partial charge in [-0.2, -0.15) is 11.8 Å². The van der Waals surface area contributed by atoms with E-state index >= 15 is 0 Å². The van der Waals surface area contributed by atoms with Gasteiger partial charge in [0, 0.05) is 43.1 Å². The number of thioether (sulfide) groups is 1. The lowest BCUT2D eigenvalue weighted by molar-refractivity contribution is -0.384. The van der Waals surface area contributed by atoms with Gasteiger partial charge in [-0.15, -0.1) is 0 Å². The Labute approximate surface area is 206 Å². The molecule has 190 valence electrons. The summed E-state index contributed by atoms with van der Waals surface area (Å²) in [6, 6.07) is 5.90. The van der Waals surface area contributed by atoms with E-state index in [9.17, 15) is 19.7 Å². The average molecular weight is 513 g/mol. The number of rotatable bonds is 10. The van der Waals surface area contributed by atoms with Gasteiger partial charge in [-0.25, -0.2) is 4.79 Å². The molecule has 9 nitrogen and oxygen atoms in total. The number of nitro benzene ring substituents is 1. The van der Waals surface area contributed by atoms with E-state index in [4.69, 9.17) is 13.9 Å². The van der Waals surface area contributed by atoms with Crippen LogP contribution in [-0.2, 0) is 25.3 Å². The van der Waals surface area contributed by atoms with Gasteiger partial charge in [-0.1, -0.05) is 20.8 Å². The SMILES string of the molecule is CC(=O)OCCSC[C@@H]1C[C@H](O[Si](C)(C)C(C)(C)C)CN1C(=O)OCc1ccc([N+](=O)[O-])cc1. The van der Waals surface area contributed by atoms with Crippen LogP contribution in [0.25, 0.3) is 0 Å². The Bertz CT molecular complexity index is 858. The molecule has 0 radical (unpaired) electrons. The van der Waals surface area contributed by atoms with Gasteiger partial charge in [-0.3, -0.25) is 14.9 Å². The highest BCUT2D eigenvalue weighted by molar-refractivity contribution is 7.99. The van der Waals surface area contributed by atoms with Crippen LogP contribution in [0.5, 0.6) is 0 Å². The maximum Gasteiger partial charge on any atom is 0.410 e. The van der Waals surface area contributed by atoms with Crippen LogP contribution in [0.15, 0.2) is 24.3 Å². The zero-order valence-corrected chi connectivity index (χ0v) is 22.7. The zero-order chi connectivity index (χ0) is 25.5. The second-order valence-electron chi connectivity index (χ2n) is 9.94. The molecule has 1 amide bonds. The Kier molecular flexibility index (Phi) is 9.95. The lowest BCUT2D eigenvalue weighted by atomic mass is 10.2. The molecular formula is C23H36N2O7SSi. The molecule has 1 aliphatic heterocycles. The Morgan fingerprint density at radius 2 is 1.85 bits per heavy atom. The minimum absolute atomic E-state index is 0.00826. The van der Waals surface area contributed by atoms with Crippen molar-refractivity contribution in [2.75, 3.05) is 24.7 Å². The number of esters is 1. The van der Waals surface area contributed by atoms with Gasteiger partial charge in [0.15, 0.2) is 8.32 Å². The number of carbonyl (C=O) groups is 2. The summed E-state index contributed by atoms with van der Waals surface area (Å²) in [6.07, 6.45) is 0.233. The van der Waals surface area contributed by atoms with Gasteiger partial charge in [0.05, 0.1) is 11.0 Å². The van der Waals surface area contributed by atoms with E-state index in [0.717, 1.165) is 6.42 Å². The van der Waals surface area contributed by atoms with Crippen molar-refractivity contribution in [3.8, 4) is 0 Å². The molecule has 0 N–H and O–H groups in total. The second-order valence-corrected chi connectivity index (χ2v) is 15.8. The van der Waals surface area contributed by atoms with Gasteiger partial charge in [0.2, 0.25) is 0 Å². The standard InChI is InChI=1S/C23H36N2O7SSi/c1-17(26)30-11-12-33-16-20-13-21(32-34(5,6)23(2,3)4)14-24(20)22(27)31-15-18-7-9-19(10-8-18)25(28)29/h7-10,20-21H,11-16H2,1-6H3/t20-,21-/m0/s1. The number of carbonyl (C=O) groups excluding carboxylic acids is 2. The van der Waals surface area contributed by atoms with E-state index < -0.39 is 19.3 Å². The van der Waals surface area contributed by atoms with Gasteiger partial charge < -0.3 is 18.8 Å². The van der Waals surface area contributed by atoms with Crippen molar-refractivity contribution >= 4 is 37.8 Å². The van der Waals surface area contributed by atoms with E-state index in [-0.39, 0.29) is 35.4 Å². The van der Waals surface area contributed by atoms with Gasteiger partial charge in [-0.05, 0) is 42.2 Å². The summed E-state index contributed by atoms with van der Waals surface area (Å²) in [4.78, 5) is 36.0. The van der Waals surface area contributed by atoms with E-state index in [1.807, 2.05) is 0 Å². The quantitative estimate of drug-likeness (QED) is 0.142. The lowest BCUT2D eigenvalue weighted by Gasteiger charge is -2.38. The Morgan fingerprint density at radius 3 is 2.41 bits per heavy atom. The van der Waals surface area contributed by atoms with Gasteiger partial charge >= 0.3 is 12.1 Å². The first-order valence-corrected chi connectivity index (χ1v) is 15.4. The molecule has 0 aromatic heterocycles. The smallest absolute Gasteiger partial charge is 0.410 e. The topological polar surface area (TPSA) is 108 Å². The highest BCUT2D eigenvalue weighted by Gasteiger charge is 2.43. The molecule has 0 unspecified atom stereocenters. The van der Waals surface area contributed by atoms with Crippen LogP contribution in [-0.4, -0.2) is 67.0 Å².